The van der Waals surface area contributed by atoms with Crippen molar-refractivity contribution in [2.24, 2.45) is 0 Å². The molecule has 194 valence electrons. The summed E-state index contributed by atoms with van der Waals surface area (Å²) in [6.45, 7) is 3.77. The number of hydrogen-bond acceptors (Lipinski definition) is 5. The summed E-state index contributed by atoms with van der Waals surface area (Å²) in [4.78, 5) is 28.5. The highest BCUT2D eigenvalue weighted by Crippen LogP contribution is 2.29. The Morgan fingerprint density at radius 1 is 0.811 bits per heavy atom. The summed E-state index contributed by atoms with van der Waals surface area (Å²) >= 11 is 0. The fraction of sp³-hybridized carbons (Fsp3) is 0.310. The standard InChI is InChI=1S/C29H34N4O4/c1-20(21-10-6-4-7-11-21)30-28(34)26-18-22(12-13-27(26)33-14-8-5-9-15-33)31-29(35)32-23-16-24(36-2)19-25(17-23)37-3/h4,6-7,10-13,16-20H,5,8-9,14-15H2,1-3H3,(H,30,34)(H2,31,32,35). The van der Waals surface area contributed by atoms with Crippen LogP contribution in [0.3, 0.4) is 0 Å². The molecule has 3 aromatic rings. The Balaban J connectivity index is 1.54. The van der Waals surface area contributed by atoms with Gasteiger partial charge in [-0.3, -0.25) is 4.79 Å². The molecular weight excluding hydrogens is 468 g/mol. The number of carbonyl (C=O) groups is 2. The smallest absolute Gasteiger partial charge is 0.323 e. The van der Waals surface area contributed by atoms with E-state index in [1.807, 2.05) is 49.4 Å². The molecular formula is C29H34N4O4. The van der Waals surface area contributed by atoms with Gasteiger partial charge in [0.25, 0.3) is 5.91 Å². The van der Waals surface area contributed by atoms with Gasteiger partial charge in [-0.05, 0) is 49.9 Å². The molecule has 1 saturated heterocycles. The average Bonchev–Trinajstić information content (AvgIpc) is 2.93. The Morgan fingerprint density at radius 2 is 1.46 bits per heavy atom. The number of nitrogens with one attached hydrogen (secondary N) is 3. The van der Waals surface area contributed by atoms with Crippen LogP contribution in [0.1, 0.15) is 48.1 Å². The number of amides is 3. The summed E-state index contributed by atoms with van der Waals surface area (Å²) in [5.41, 5.74) is 3.48. The molecule has 1 aliphatic heterocycles. The molecule has 0 saturated carbocycles. The second-order valence-corrected chi connectivity index (χ2v) is 9.07. The molecule has 1 unspecified atom stereocenters. The van der Waals surface area contributed by atoms with Gasteiger partial charge in [0.15, 0.2) is 0 Å². The van der Waals surface area contributed by atoms with Crippen LogP contribution in [-0.2, 0) is 0 Å². The van der Waals surface area contributed by atoms with E-state index in [4.69, 9.17) is 9.47 Å². The molecule has 8 heteroatoms. The van der Waals surface area contributed by atoms with E-state index in [-0.39, 0.29) is 11.9 Å². The molecule has 3 amide bonds. The third kappa shape index (κ3) is 6.73. The van der Waals surface area contributed by atoms with Gasteiger partial charge in [0, 0.05) is 48.4 Å². The SMILES string of the molecule is COc1cc(NC(=O)Nc2ccc(N3CCCCC3)c(C(=O)NC(C)c3ccccc3)c2)cc(OC)c1. The van der Waals surface area contributed by atoms with Crippen LogP contribution in [0.4, 0.5) is 21.9 Å². The summed E-state index contributed by atoms with van der Waals surface area (Å²) in [6.07, 6.45) is 3.37. The number of piperidine rings is 1. The Hall–Kier alpha value is -4.20. The predicted molar refractivity (Wildman–Crippen MR) is 147 cm³/mol. The van der Waals surface area contributed by atoms with Gasteiger partial charge in [0.05, 0.1) is 25.8 Å². The van der Waals surface area contributed by atoms with Crippen LogP contribution < -0.4 is 30.3 Å². The van der Waals surface area contributed by atoms with Gasteiger partial charge in [0.2, 0.25) is 0 Å². The van der Waals surface area contributed by atoms with E-state index in [1.165, 1.54) is 6.42 Å². The van der Waals surface area contributed by atoms with Crippen LogP contribution in [0.2, 0.25) is 0 Å². The maximum absolute atomic E-state index is 13.5. The van der Waals surface area contributed by atoms with Crippen molar-refractivity contribution < 1.29 is 19.1 Å². The van der Waals surface area contributed by atoms with Crippen molar-refractivity contribution in [1.29, 1.82) is 0 Å². The number of anilines is 3. The van der Waals surface area contributed by atoms with Crippen molar-refractivity contribution in [3.63, 3.8) is 0 Å². The zero-order chi connectivity index (χ0) is 26.2. The summed E-state index contributed by atoms with van der Waals surface area (Å²) in [7, 11) is 3.10. The van der Waals surface area contributed by atoms with E-state index in [0.29, 0.717) is 28.4 Å². The third-order valence-electron chi connectivity index (χ3n) is 6.45. The van der Waals surface area contributed by atoms with E-state index >= 15 is 0 Å². The van der Waals surface area contributed by atoms with Gasteiger partial charge in [0.1, 0.15) is 11.5 Å². The van der Waals surface area contributed by atoms with Crippen LogP contribution in [0.15, 0.2) is 66.7 Å². The fourth-order valence-electron chi connectivity index (χ4n) is 4.48. The third-order valence-corrected chi connectivity index (χ3v) is 6.45. The predicted octanol–water partition coefficient (Wildman–Crippen LogP) is 5.83. The molecule has 0 spiro atoms. The van der Waals surface area contributed by atoms with Gasteiger partial charge in [-0.1, -0.05) is 30.3 Å². The van der Waals surface area contributed by atoms with Crippen molar-refractivity contribution in [3.05, 3.63) is 77.9 Å². The minimum atomic E-state index is -0.440. The van der Waals surface area contributed by atoms with Gasteiger partial charge >= 0.3 is 6.03 Å². The van der Waals surface area contributed by atoms with E-state index in [9.17, 15) is 9.59 Å². The molecule has 0 radical (unpaired) electrons. The molecule has 1 fully saturated rings. The number of urea groups is 1. The highest BCUT2D eigenvalue weighted by atomic mass is 16.5. The number of benzene rings is 3. The minimum Gasteiger partial charge on any atom is -0.497 e. The first-order chi connectivity index (χ1) is 18.0. The average molecular weight is 503 g/mol. The topological polar surface area (TPSA) is 91.9 Å². The molecule has 0 bridgehead atoms. The monoisotopic (exact) mass is 502 g/mol. The lowest BCUT2D eigenvalue weighted by Crippen LogP contribution is -2.33. The number of nitrogens with zero attached hydrogens (tertiary/aromatic N) is 1. The Bertz CT molecular complexity index is 1200. The number of methoxy groups -OCH3 is 2. The largest absolute Gasteiger partial charge is 0.497 e. The molecule has 3 aromatic carbocycles. The van der Waals surface area contributed by atoms with Crippen LogP contribution in [0.5, 0.6) is 11.5 Å². The lowest BCUT2D eigenvalue weighted by Gasteiger charge is -2.31. The molecule has 37 heavy (non-hydrogen) atoms. The molecule has 8 nitrogen and oxygen atoms in total. The van der Waals surface area contributed by atoms with Gasteiger partial charge < -0.3 is 30.3 Å². The van der Waals surface area contributed by atoms with Gasteiger partial charge in [-0.25, -0.2) is 4.79 Å². The minimum absolute atomic E-state index is 0.161. The zero-order valence-corrected chi connectivity index (χ0v) is 21.5. The number of carbonyl (C=O) groups excluding carboxylic acids is 2. The van der Waals surface area contributed by atoms with Crippen molar-refractivity contribution in [1.82, 2.24) is 5.32 Å². The Morgan fingerprint density at radius 3 is 2.11 bits per heavy atom. The van der Waals surface area contributed by atoms with Crippen LogP contribution in [-0.4, -0.2) is 39.2 Å². The van der Waals surface area contributed by atoms with Crippen LogP contribution in [0.25, 0.3) is 0 Å². The highest BCUT2D eigenvalue weighted by molar-refractivity contribution is 6.04. The van der Waals surface area contributed by atoms with Crippen molar-refractivity contribution in [2.45, 2.75) is 32.2 Å². The molecule has 3 N–H and O–H groups in total. The van der Waals surface area contributed by atoms with E-state index < -0.39 is 6.03 Å². The Kier molecular flexibility index (Phi) is 8.51. The van der Waals surface area contributed by atoms with Gasteiger partial charge in [-0.15, -0.1) is 0 Å². The zero-order valence-electron chi connectivity index (χ0n) is 21.5. The second kappa shape index (κ2) is 12.2. The van der Waals surface area contributed by atoms with Crippen molar-refractivity contribution in [3.8, 4) is 11.5 Å². The highest BCUT2D eigenvalue weighted by Gasteiger charge is 2.21. The number of hydrogen-bond donors (Lipinski definition) is 3. The van der Waals surface area contributed by atoms with Crippen molar-refractivity contribution in [2.75, 3.05) is 42.8 Å². The normalized spacial score (nSPS) is 13.9. The van der Waals surface area contributed by atoms with Crippen LogP contribution in [0, 0.1) is 0 Å². The molecule has 1 aliphatic rings. The molecule has 0 aromatic heterocycles. The molecule has 1 atom stereocenters. The molecule has 4 rings (SSSR count). The summed E-state index contributed by atoms with van der Waals surface area (Å²) in [5, 5.41) is 8.76. The molecule has 0 aliphatic carbocycles. The maximum Gasteiger partial charge on any atom is 0.323 e. The van der Waals surface area contributed by atoms with Gasteiger partial charge in [-0.2, -0.15) is 0 Å². The first-order valence-electron chi connectivity index (χ1n) is 12.5. The summed E-state index contributed by atoms with van der Waals surface area (Å²) in [5.74, 6) is 0.942. The van der Waals surface area contributed by atoms with E-state index in [0.717, 1.165) is 37.2 Å². The van der Waals surface area contributed by atoms with Crippen molar-refractivity contribution >= 4 is 29.0 Å². The maximum atomic E-state index is 13.5. The lowest BCUT2D eigenvalue weighted by molar-refractivity contribution is 0.0940. The quantitative estimate of drug-likeness (QED) is 0.361. The lowest BCUT2D eigenvalue weighted by atomic mass is 10.0. The Labute approximate surface area is 218 Å². The number of ether oxygens (including phenoxy) is 2. The fourth-order valence-corrected chi connectivity index (χ4v) is 4.48. The first-order valence-corrected chi connectivity index (χ1v) is 12.5. The van der Waals surface area contributed by atoms with Crippen LogP contribution >= 0.6 is 0 Å². The number of rotatable bonds is 8. The second-order valence-electron chi connectivity index (χ2n) is 9.07. The summed E-state index contributed by atoms with van der Waals surface area (Å²) < 4.78 is 10.5. The van der Waals surface area contributed by atoms with E-state index in [2.05, 4.69) is 20.9 Å². The summed E-state index contributed by atoms with van der Waals surface area (Å²) in [6, 6.07) is 19.9. The first kappa shape index (κ1) is 25.9. The van der Waals surface area contributed by atoms with E-state index in [1.54, 1.807) is 38.5 Å². The molecule has 1 heterocycles.